The van der Waals surface area contributed by atoms with Crippen LogP contribution in [0.15, 0.2) is 57.8 Å². The number of carbonyl (C=O) groups excluding carboxylic acids is 1. The maximum atomic E-state index is 12.9. The third-order valence-electron chi connectivity index (χ3n) is 5.51. The Balaban J connectivity index is 1.41. The van der Waals surface area contributed by atoms with Gasteiger partial charge in [-0.25, -0.2) is 0 Å². The highest BCUT2D eigenvalue weighted by molar-refractivity contribution is 7.90. The lowest BCUT2D eigenvalue weighted by Gasteiger charge is -2.33. The van der Waals surface area contributed by atoms with E-state index >= 15 is 0 Å². The second kappa shape index (κ2) is 9.40. The fourth-order valence-corrected chi connectivity index (χ4v) is 5.18. The number of piperidine rings is 1. The molecule has 1 N–H and O–H groups in total. The number of anilines is 1. The van der Waals surface area contributed by atoms with Crippen LogP contribution < -0.4 is 10.1 Å². The quantitative estimate of drug-likeness (QED) is 0.674. The molecule has 1 unspecified atom stereocenters. The Morgan fingerprint density at radius 3 is 2.94 bits per heavy atom. The van der Waals surface area contributed by atoms with Crippen LogP contribution in [0, 0.1) is 17.2 Å². The number of amides is 1. The number of carbonyl (C=O) groups is 1. The highest BCUT2D eigenvalue weighted by Gasteiger charge is 2.35. The number of nitrogens with zero attached hydrogens (tertiary/aromatic N) is 3. The molecule has 1 amide bonds. The molecule has 2 aromatic carbocycles. The molecule has 8 nitrogen and oxygen atoms in total. The van der Waals surface area contributed by atoms with Gasteiger partial charge in [-0.15, -0.1) is 4.40 Å². The molecule has 9 heteroatoms. The van der Waals surface area contributed by atoms with Gasteiger partial charge in [0.1, 0.15) is 10.6 Å². The Kier molecular flexibility index (Phi) is 6.42. The number of nitriles is 1. The van der Waals surface area contributed by atoms with Gasteiger partial charge in [0.05, 0.1) is 18.6 Å². The van der Waals surface area contributed by atoms with Crippen LogP contribution in [-0.4, -0.2) is 44.8 Å². The van der Waals surface area contributed by atoms with Crippen molar-refractivity contribution in [3.63, 3.8) is 0 Å². The monoisotopic (exact) mass is 452 g/mol. The van der Waals surface area contributed by atoms with Crippen molar-refractivity contribution >= 4 is 27.5 Å². The van der Waals surface area contributed by atoms with Crippen LogP contribution in [0.25, 0.3) is 0 Å². The van der Waals surface area contributed by atoms with Crippen LogP contribution >= 0.6 is 0 Å². The number of hydrogen-bond donors (Lipinski definition) is 1. The minimum Gasteiger partial charge on any atom is -0.493 e. The van der Waals surface area contributed by atoms with E-state index in [9.17, 15) is 13.2 Å². The predicted octanol–water partition coefficient (Wildman–Crippen LogP) is 3.17. The number of hydrogen-bond acceptors (Lipinski definition) is 6. The second-order valence-electron chi connectivity index (χ2n) is 7.80. The average Bonchev–Trinajstić information content (AvgIpc) is 3.08. The predicted molar refractivity (Wildman–Crippen MR) is 120 cm³/mol. The third kappa shape index (κ3) is 4.75. The van der Waals surface area contributed by atoms with Crippen LogP contribution in [0.3, 0.4) is 0 Å². The molecule has 0 radical (unpaired) electrons. The number of likely N-dealkylation sites (tertiary alicyclic amines) is 1. The number of unbranched alkanes of at least 4 members (excludes halogenated alkanes) is 1. The fourth-order valence-electron chi connectivity index (χ4n) is 3.95. The van der Waals surface area contributed by atoms with Crippen LogP contribution in [0.1, 0.15) is 31.2 Å². The number of benzene rings is 2. The highest BCUT2D eigenvalue weighted by atomic mass is 32.2. The number of fused-ring (bicyclic) bond motifs is 1. The Labute approximate surface area is 187 Å². The van der Waals surface area contributed by atoms with Gasteiger partial charge in [0.2, 0.25) is 5.91 Å². The summed E-state index contributed by atoms with van der Waals surface area (Å²) in [4.78, 5) is 15.0. The summed E-state index contributed by atoms with van der Waals surface area (Å²) in [7, 11) is -3.69. The lowest BCUT2D eigenvalue weighted by molar-refractivity contribution is -0.121. The van der Waals surface area contributed by atoms with E-state index in [0.717, 1.165) is 6.42 Å². The zero-order chi connectivity index (χ0) is 22.6. The maximum Gasteiger partial charge on any atom is 0.285 e. The van der Waals surface area contributed by atoms with Crippen molar-refractivity contribution in [2.24, 2.45) is 10.3 Å². The SMILES string of the molecule is N#CCCCOc1cccc(NC(=O)C2CCCN(C3=NS(=O)(=O)c4ccccc43)C2)c1. The molecular weight excluding hydrogens is 428 g/mol. The number of sulfonamides is 1. The van der Waals surface area contributed by atoms with E-state index in [1.54, 1.807) is 48.5 Å². The van der Waals surface area contributed by atoms with E-state index in [-0.39, 0.29) is 16.7 Å². The fraction of sp³-hybridized carbons (Fsp3) is 0.348. The van der Waals surface area contributed by atoms with Gasteiger partial charge in [-0.05, 0) is 43.5 Å². The first kappa shape index (κ1) is 21.8. The number of rotatable bonds is 6. The molecule has 0 spiro atoms. The summed E-state index contributed by atoms with van der Waals surface area (Å²) in [6, 6.07) is 16.0. The smallest absolute Gasteiger partial charge is 0.285 e. The van der Waals surface area contributed by atoms with Crippen molar-refractivity contribution in [2.75, 3.05) is 25.0 Å². The van der Waals surface area contributed by atoms with Gasteiger partial charge in [0.25, 0.3) is 10.0 Å². The first-order chi connectivity index (χ1) is 15.5. The summed E-state index contributed by atoms with van der Waals surface area (Å²) in [5, 5.41) is 11.5. The molecule has 166 valence electrons. The van der Waals surface area contributed by atoms with Gasteiger partial charge in [0, 0.05) is 36.8 Å². The summed E-state index contributed by atoms with van der Waals surface area (Å²) in [6.07, 6.45) is 2.56. The van der Waals surface area contributed by atoms with Gasteiger partial charge in [-0.3, -0.25) is 4.79 Å². The molecule has 1 saturated heterocycles. The number of nitrogens with one attached hydrogen (secondary N) is 1. The summed E-state index contributed by atoms with van der Waals surface area (Å²) in [6.45, 7) is 1.49. The van der Waals surface area contributed by atoms with Crippen LogP contribution in [0.4, 0.5) is 5.69 Å². The van der Waals surface area contributed by atoms with E-state index in [2.05, 4.69) is 15.8 Å². The zero-order valence-corrected chi connectivity index (χ0v) is 18.3. The van der Waals surface area contributed by atoms with Crippen LogP contribution in [-0.2, 0) is 14.8 Å². The molecule has 2 heterocycles. The van der Waals surface area contributed by atoms with Crippen molar-refractivity contribution < 1.29 is 17.9 Å². The number of ether oxygens (including phenoxy) is 1. The molecule has 1 fully saturated rings. The van der Waals surface area contributed by atoms with Crippen molar-refractivity contribution in [3.05, 3.63) is 54.1 Å². The molecule has 1 atom stereocenters. The van der Waals surface area contributed by atoms with Gasteiger partial charge >= 0.3 is 0 Å². The van der Waals surface area contributed by atoms with Gasteiger partial charge in [-0.2, -0.15) is 13.7 Å². The lowest BCUT2D eigenvalue weighted by atomic mass is 9.96. The number of amidine groups is 1. The molecule has 2 aliphatic rings. The normalized spacial score (nSPS) is 18.9. The van der Waals surface area contributed by atoms with Crippen LogP contribution in [0.5, 0.6) is 5.75 Å². The standard InChI is InChI=1S/C23H24N4O4S/c24-12-3-4-14-31-19-9-5-8-18(15-19)25-23(28)17-7-6-13-27(16-17)22-20-10-1-2-11-21(20)32(29,30)26-22/h1-2,5,8-11,15,17H,3-4,6-7,13-14,16H2,(H,25,28). The Bertz CT molecular complexity index is 1190. The molecule has 0 aliphatic carbocycles. The molecule has 32 heavy (non-hydrogen) atoms. The van der Waals surface area contributed by atoms with Crippen molar-refractivity contribution in [2.45, 2.75) is 30.6 Å². The summed E-state index contributed by atoms with van der Waals surface area (Å²) >= 11 is 0. The first-order valence-corrected chi connectivity index (χ1v) is 12.0. The maximum absolute atomic E-state index is 12.9. The third-order valence-corrected chi connectivity index (χ3v) is 6.83. The topological polar surface area (TPSA) is 112 Å². The van der Waals surface area contributed by atoms with Crippen LogP contribution in [0.2, 0.25) is 0 Å². The Morgan fingerprint density at radius 2 is 2.09 bits per heavy atom. The minimum absolute atomic E-state index is 0.119. The van der Waals surface area contributed by atoms with E-state index < -0.39 is 10.0 Å². The van der Waals surface area contributed by atoms with E-state index in [1.165, 1.54) is 0 Å². The summed E-state index contributed by atoms with van der Waals surface area (Å²) < 4.78 is 34.4. The Hall–Kier alpha value is -3.38. The second-order valence-corrected chi connectivity index (χ2v) is 9.37. The molecule has 0 bridgehead atoms. The van der Waals surface area contributed by atoms with Crippen molar-refractivity contribution in [1.29, 1.82) is 5.26 Å². The molecule has 0 aromatic heterocycles. The van der Waals surface area contributed by atoms with Crippen molar-refractivity contribution in [3.8, 4) is 11.8 Å². The van der Waals surface area contributed by atoms with Gasteiger partial charge in [-0.1, -0.05) is 18.2 Å². The van der Waals surface area contributed by atoms with Gasteiger partial charge < -0.3 is 15.0 Å². The molecular formula is C23H24N4O4S. The molecule has 0 saturated carbocycles. The Morgan fingerprint density at radius 1 is 1.25 bits per heavy atom. The average molecular weight is 453 g/mol. The van der Waals surface area contributed by atoms with E-state index in [4.69, 9.17) is 10.00 Å². The van der Waals surface area contributed by atoms with Gasteiger partial charge in [0.15, 0.2) is 5.84 Å². The largest absolute Gasteiger partial charge is 0.493 e. The summed E-state index contributed by atoms with van der Waals surface area (Å²) in [5.74, 6) is 0.646. The molecule has 2 aliphatic heterocycles. The first-order valence-electron chi connectivity index (χ1n) is 10.6. The minimum atomic E-state index is -3.69. The van der Waals surface area contributed by atoms with E-state index in [1.807, 2.05) is 4.90 Å². The van der Waals surface area contributed by atoms with Crippen molar-refractivity contribution in [1.82, 2.24) is 4.90 Å². The lowest BCUT2D eigenvalue weighted by Crippen LogP contribution is -2.43. The molecule has 2 aromatic rings. The van der Waals surface area contributed by atoms with E-state index in [0.29, 0.717) is 61.8 Å². The summed E-state index contributed by atoms with van der Waals surface area (Å²) in [5.41, 5.74) is 1.23. The zero-order valence-electron chi connectivity index (χ0n) is 17.5. The highest BCUT2D eigenvalue weighted by Crippen LogP contribution is 2.30. The molecule has 4 rings (SSSR count).